The van der Waals surface area contributed by atoms with Gasteiger partial charge in [0.1, 0.15) is 9.98 Å². The Morgan fingerprint density at radius 1 is 0.488 bits per heavy atom. The van der Waals surface area contributed by atoms with Crippen LogP contribution in [-0.2, 0) is 4.74 Å². The fourth-order valence-corrected chi connectivity index (χ4v) is 6.08. The van der Waals surface area contributed by atoms with Crippen LogP contribution >= 0.6 is 24.4 Å². The van der Waals surface area contributed by atoms with Crippen LogP contribution in [0.15, 0.2) is 0 Å². The Bertz CT molecular complexity index is 570. The minimum absolute atomic E-state index is 0.525. The van der Waals surface area contributed by atoms with Crippen molar-refractivity contribution in [3.63, 3.8) is 0 Å². The first-order valence-electron chi connectivity index (χ1n) is 18.2. The van der Waals surface area contributed by atoms with E-state index in [0.29, 0.717) is 13.2 Å². The Morgan fingerprint density at radius 2 is 0.854 bits per heavy atom. The molecule has 0 saturated heterocycles. The van der Waals surface area contributed by atoms with Gasteiger partial charge in [0.25, 0.3) is 0 Å². The standard InChI is InChI=1S/C36H72N2OS2/c1-6-11-15-18-21-24-28-37(29-25-22-19-16-12-7-2)35(40)32-39-33-36(41)38(30-26-23-20-17-13-8-3)31-34(10-5)27-14-9-4/h34H,6-33H2,1-5H3. The first-order chi connectivity index (χ1) is 20.0. The van der Waals surface area contributed by atoms with Gasteiger partial charge < -0.3 is 14.5 Å². The molecule has 0 aliphatic rings. The molecule has 0 spiro atoms. The van der Waals surface area contributed by atoms with Gasteiger partial charge in [-0.05, 0) is 31.6 Å². The van der Waals surface area contributed by atoms with E-state index in [9.17, 15) is 0 Å². The van der Waals surface area contributed by atoms with Gasteiger partial charge in [0.05, 0.1) is 13.2 Å². The van der Waals surface area contributed by atoms with Crippen molar-refractivity contribution < 1.29 is 4.74 Å². The second-order valence-corrected chi connectivity index (χ2v) is 13.4. The molecule has 0 saturated carbocycles. The first kappa shape index (κ1) is 40.7. The predicted molar refractivity (Wildman–Crippen MR) is 193 cm³/mol. The van der Waals surface area contributed by atoms with Crippen LogP contribution in [0.5, 0.6) is 0 Å². The molecule has 1 atom stereocenters. The lowest BCUT2D eigenvalue weighted by molar-refractivity contribution is 0.191. The average Bonchev–Trinajstić information content (AvgIpc) is 2.98. The largest absolute Gasteiger partial charge is 0.367 e. The summed E-state index contributed by atoms with van der Waals surface area (Å²) in [6, 6.07) is 0. The minimum atomic E-state index is 0.525. The zero-order valence-corrected chi connectivity index (χ0v) is 30.1. The fraction of sp³-hybridized carbons (Fsp3) is 0.944. The third-order valence-electron chi connectivity index (χ3n) is 8.52. The lowest BCUT2D eigenvalue weighted by atomic mass is 9.98. The van der Waals surface area contributed by atoms with Crippen molar-refractivity contribution in [1.29, 1.82) is 0 Å². The second kappa shape index (κ2) is 31.2. The second-order valence-electron chi connectivity index (χ2n) is 12.4. The van der Waals surface area contributed by atoms with Crippen molar-refractivity contribution in [1.82, 2.24) is 9.80 Å². The fourth-order valence-electron chi connectivity index (χ4n) is 5.57. The monoisotopic (exact) mass is 613 g/mol. The van der Waals surface area contributed by atoms with Gasteiger partial charge in [-0.15, -0.1) is 0 Å². The van der Waals surface area contributed by atoms with Crippen molar-refractivity contribution in [3.8, 4) is 0 Å². The normalized spacial score (nSPS) is 12.0. The Hall–Kier alpha value is -0.260. The summed E-state index contributed by atoms with van der Waals surface area (Å²) in [6.07, 6.45) is 28.9. The van der Waals surface area contributed by atoms with E-state index in [4.69, 9.17) is 29.2 Å². The van der Waals surface area contributed by atoms with Gasteiger partial charge >= 0.3 is 0 Å². The summed E-state index contributed by atoms with van der Waals surface area (Å²) in [4.78, 5) is 6.89. The lowest BCUT2D eigenvalue weighted by Gasteiger charge is -2.30. The Balaban J connectivity index is 4.84. The number of nitrogens with zero attached hydrogens (tertiary/aromatic N) is 2. The summed E-state index contributed by atoms with van der Waals surface area (Å²) in [5, 5.41) is 0. The third-order valence-corrected chi connectivity index (χ3v) is 9.28. The van der Waals surface area contributed by atoms with Crippen molar-refractivity contribution >= 4 is 34.4 Å². The van der Waals surface area contributed by atoms with E-state index < -0.39 is 0 Å². The number of hydrogen-bond acceptors (Lipinski definition) is 3. The molecule has 1 unspecified atom stereocenters. The van der Waals surface area contributed by atoms with E-state index in [2.05, 4.69) is 44.4 Å². The van der Waals surface area contributed by atoms with Crippen molar-refractivity contribution in [2.24, 2.45) is 5.92 Å². The van der Waals surface area contributed by atoms with Crippen LogP contribution in [0.3, 0.4) is 0 Å². The summed E-state index contributed by atoms with van der Waals surface area (Å²) < 4.78 is 6.23. The van der Waals surface area contributed by atoms with Crippen LogP contribution in [0.25, 0.3) is 0 Å². The zero-order chi connectivity index (χ0) is 30.4. The van der Waals surface area contributed by atoms with Gasteiger partial charge in [0, 0.05) is 26.2 Å². The summed E-state index contributed by atoms with van der Waals surface area (Å²) in [5.41, 5.74) is 0. The zero-order valence-electron chi connectivity index (χ0n) is 28.5. The minimum Gasteiger partial charge on any atom is -0.367 e. The van der Waals surface area contributed by atoms with E-state index in [1.54, 1.807) is 0 Å². The molecule has 0 aromatic rings. The van der Waals surface area contributed by atoms with Crippen LogP contribution < -0.4 is 0 Å². The van der Waals surface area contributed by atoms with E-state index in [-0.39, 0.29) is 0 Å². The summed E-state index contributed by atoms with van der Waals surface area (Å²) >= 11 is 11.9. The van der Waals surface area contributed by atoms with Crippen LogP contribution in [0, 0.1) is 5.92 Å². The Morgan fingerprint density at radius 3 is 1.27 bits per heavy atom. The molecule has 0 N–H and O–H groups in total. The van der Waals surface area contributed by atoms with E-state index in [1.807, 2.05) is 0 Å². The number of unbranched alkanes of at least 4 members (excludes halogenated alkanes) is 16. The molecule has 0 aliphatic heterocycles. The molecule has 3 nitrogen and oxygen atoms in total. The maximum absolute atomic E-state index is 6.23. The number of hydrogen-bond donors (Lipinski definition) is 0. The van der Waals surface area contributed by atoms with Crippen LogP contribution in [-0.4, -0.2) is 59.2 Å². The predicted octanol–water partition coefficient (Wildman–Crippen LogP) is 11.6. The lowest BCUT2D eigenvalue weighted by Crippen LogP contribution is -2.39. The number of rotatable bonds is 31. The molecule has 244 valence electrons. The van der Waals surface area contributed by atoms with Gasteiger partial charge in [-0.3, -0.25) is 0 Å². The summed E-state index contributed by atoms with van der Waals surface area (Å²) in [7, 11) is 0. The van der Waals surface area contributed by atoms with Gasteiger partial charge in [0.2, 0.25) is 0 Å². The molecular weight excluding hydrogens is 541 g/mol. The Labute approximate surface area is 269 Å². The van der Waals surface area contributed by atoms with Gasteiger partial charge in [-0.25, -0.2) is 0 Å². The molecule has 0 bridgehead atoms. The molecule has 0 aliphatic carbocycles. The molecule has 0 aromatic heterocycles. The van der Waals surface area contributed by atoms with Crippen molar-refractivity contribution in [2.45, 2.75) is 176 Å². The van der Waals surface area contributed by atoms with Crippen molar-refractivity contribution in [2.75, 3.05) is 39.4 Å². The third kappa shape index (κ3) is 24.8. The molecular formula is C36H72N2OS2. The van der Waals surface area contributed by atoms with Crippen LogP contribution in [0.4, 0.5) is 0 Å². The average molecular weight is 613 g/mol. The SMILES string of the molecule is CCCCCCCCN(CCCCCCCC)C(=S)COCC(=S)N(CCCCCCCC)CC(CC)CCCC. The molecule has 0 aromatic carbocycles. The maximum atomic E-state index is 6.23. The Kier molecular flexibility index (Phi) is 31.0. The molecule has 0 radical (unpaired) electrons. The highest BCUT2D eigenvalue weighted by Crippen LogP contribution is 2.17. The van der Waals surface area contributed by atoms with Crippen LogP contribution in [0.2, 0.25) is 0 Å². The highest BCUT2D eigenvalue weighted by molar-refractivity contribution is 7.80. The highest BCUT2D eigenvalue weighted by Gasteiger charge is 2.17. The highest BCUT2D eigenvalue weighted by atomic mass is 32.1. The maximum Gasteiger partial charge on any atom is 0.104 e. The van der Waals surface area contributed by atoms with E-state index >= 15 is 0 Å². The molecule has 41 heavy (non-hydrogen) atoms. The topological polar surface area (TPSA) is 15.7 Å². The first-order valence-corrected chi connectivity index (χ1v) is 19.0. The summed E-state index contributed by atoms with van der Waals surface area (Å²) in [6.45, 7) is 16.9. The van der Waals surface area contributed by atoms with Crippen molar-refractivity contribution in [3.05, 3.63) is 0 Å². The van der Waals surface area contributed by atoms with Gasteiger partial charge in [0.15, 0.2) is 0 Å². The molecule has 0 rings (SSSR count). The van der Waals surface area contributed by atoms with Crippen LogP contribution in [0.1, 0.15) is 176 Å². The molecule has 0 heterocycles. The van der Waals surface area contributed by atoms with Gasteiger partial charge in [-0.1, -0.05) is 175 Å². The van der Waals surface area contributed by atoms with E-state index in [1.165, 1.54) is 141 Å². The quantitative estimate of drug-likeness (QED) is 0.0570. The molecule has 5 heteroatoms. The van der Waals surface area contributed by atoms with Gasteiger partial charge in [-0.2, -0.15) is 0 Å². The molecule has 0 amide bonds. The summed E-state index contributed by atoms with van der Waals surface area (Å²) in [5.74, 6) is 0.721. The number of thiocarbonyl (C=S) groups is 2. The smallest absolute Gasteiger partial charge is 0.104 e. The van der Waals surface area contributed by atoms with E-state index in [0.717, 1.165) is 42.1 Å². The molecule has 0 fully saturated rings. The number of ether oxygens (including phenoxy) is 1.